The van der Waals surface area contributed by atoms with E-state index < -0.39 is 0 Å². The van der Waals surface area contributed by atoms with E-state index in [0.29, 0.717) is 0 Å². The smallest absolute Gasteiger partial charge is 0.0406 e. The van der Waals surface area contributed by atoms with E-state index in [0.717, 1.165) is 130 Å². The van der Waals surface area contributed by atoms with E-state index in [2.05, 4.69) is 0 Å². The first-order valence-corrected chi connectivity index (χ1v) is 61.8. The fourth-order valence-corrected chi connectivity index (χ4v) is 34.7. The van der Waals surface area contributed by atoms with Gasteiger partial charge in [0.15, 0.2) is 0 Å². The van der Waals surface area contributed by atoms with E-state index in [4.69, 9.17) is 0 Å². The summed E-state index contributed by atoms with van der Waals surface area (Å²) in [5, 5.41) is 0. The highest BCUT2D eigenvalue weighted by molar-refractivity contribution is 4.93. The van der Waals surface area contributed by atoms with Gasteiger partial charge >= 0.3 is 0 Å². The van der Waals surface area contributed by atoms with Gasteiger partial charge in [-0.05, 0) is 230 Å². The molecule has 722 valence electrons. The molecule has 0 nitrogen and oxygen atoms in total. The number of hydrogen-bond acceptors (Lipinski definition) is 0. The van der Waals surface area contributed by atoms with Crippen LogP contribution in [0.3, 0.4) is 0 Å². The lowest BCUT2D eigenvalue weighted by atomic mass is 9.56. The molecule has 35 aliphatic rings. The van der Waals surface area contributed by atoms with Gasteiger partial charge in [-0.15, -0.1) is 0 Å². The summed E-state index contributed by atoms with van der Waals surface area (Å²) < 4.78 is 0. The Morgan fingerprint density at radius 3 is 0.240 bits per heavy atom. The molecular weight excluding hydrogens is 1500 g/mol. The van der Waals surface area contributed by atoms with E-state index in [-0.39, 0.29) is 0 Å². The molecule has 0 aliphatic heterocycles. The molecule has 0 heteroatoms. The average Bonchev–Trinajstić information content (AvgIpc) is 1.40. The second kappa shape index (κ2) is 57.3. The molecule has 35 fully saturated rings. The molecule has 0 amide bonds. The van der Waals surface area contributed by atoms with Crippen molar-refractivity contribution in [3.63, 3.8) is 0 Å². The Balaban J connectivity index is 0.000000104. The molecule has 35 aliphatic carbocycles. The Bertz CT molecular complexity index is 2370. The van der Waals surface area contributed by atoms with Gasteiger partial charge in [-0.25, -0.2) is 0 Å². The normalized spacial score (nSPS) is 42.8. The average molecular weight is 1730 g/mol. The first-order valence-electron chi connectivity index (χ1n) is 61.8. The SMILES string of the molecule is C1C2CC1C2.C1CC2CC1C2.C1CC2CCC(C1)C2.C1CC2CCC(C1)CC2.C1CC2CCC1C2.C1CC2CCC1CC2.C1CC2CCCC(C1)C2.C1CC2CCCC(C1)CC2.C1CC2CCCC(C1)CCC2.C1CCC2CCC(C1)C2.C1CCC2CCC(C1)CC2.C1CCC2CCCC(C1)C2.C1CCC2CCCC(C1)CC2.C1CCC2CCCC(C1)CCC2. The van der Waals surface area contributed by atoms with Crippen molar-refractivity contribution in [3.05, 3.63) is 0 Å². The molecule has 0 N–H and O–H groups in total. The fourth-order valence-electron chi connectivity index (χ4n) is 34.7. The lowest BCUT2D eigenvalue weighted by Crippen LogP contribution is -2.38. The van der Waals surface area contributed by atoms with Crippen molar-refractivity contribution < 1.29 is 0 Å². The molecule has 35 rings (SSSR count). The maximum Gasteiger partial charge on any atom is -0.0406 e. The minimum Gasteiger partial charge on any atom is -0.0530 e. The van der Waals surface area contributed by atoms with Gasteiger partial charge in [-0.3, -0.25) is 0 Å². The van der Waals surface area contributed by atoms with Crippen LogP contribution in [-0.4, -0.2) is 0 Å². The van der Waals surface area contributed by atoms with Crippen LogP contribution in [-0.2, 0) is 0 Å². The van der Waals surface area contributed by atoms with Crippen LogP contribution in [0.5, 0.6) is 0 Å². The summed E-state index contributed by atoms with van der Waals surface area (Å²) in [7, 11) is 0. The maximum atomic E-state index is 1.58. The Morgan fingerprint density at radius 1 is 0.0480 bits per heavy atom. The third-order valence-electron chi connectivity index (χ3n) is 43.7. The summed E-state index contributed by atoms with van der Waals surface area (Å²) >= 11 is 0. The standard InChI is InChI=1S/C12H22.2C11H20.3C10H18.3C9H16.2C8H14.C7H12.C6H10.C5H8/c1-2-6-12-9-3-7-11(5-1)8-4-10-12;1-4-10-6-2-7-11(5-1)9-3-8-10;1-2-5-11-7-3-6-10(4-1)8-9-11;1-3-9-5-2-6-10(4-1)8-7-9;1-2-5-10-7-3-6-9(4-1)8-10;1-2-4-10-7-5-9(3-1)6-8-10;1-3-8-5-2-6-9(4-1)7-8;1-2-8-4-6-9(3-1)7-5-8;1-2-4-9-6-5-8(3-1)7-9;1-2-8-5-3-7(1)4-6-8;1-2-7-4-5-8(3-1)6-7;1-2-7-4-3-6(1)5-7;1-2-6-3-5(1)4-6;1-4-2-5(1)3-4/h11-12H,1-10H2;2*10-11H,1-9H2;3*9-10H,1-8H2;3*8-9H,1-7H2;2*7-8H,1-6H2;6-7H,1-5H2;5-6H,1-4H2;4-5H,1-3H2. The van der Waals surface area contributed by atoms with Gasteiger partial charge in [0.1, 0.15) is 0 Å². The fraction of sp³-hybridized carbons (Fsp3) is 1.00. The number of rotatable bonds is 0. The van der Waals surface area contributed by atoms with Crippen LogP contribution in [0.15, 0.2) is 0 Å². The van der Waals surface area contributed by atoms with Crippen molar-refractivity contribution in [2.45, 2.75) is 623 Å². The van der Waals surface area contributed by atoms with Gasteiger partial charge in [0.2, 0.25) is 0 Å². The lowest BCUT2D eigenvalue weighted by molar-refractivity contribution is 0.0198. The van der Waals surface area contributed by atoms with E-state index in [1.165, 1.54) is 183 Å². The molecule has 0 aromatic rings. The van der Waals surface area contributed by atoms with Crippen molar-refractivity contribution in [1.82, 2.24) is 0 Å². The lowest BCUT2D eigenvalue weighted by Gasteiger charge is -2.49. The molecule has 0 saturated heterocycles. The van der Waals surface area contributed by atoms with E-state index >= 15 is 0 Å². The zero-order chi connectivity index (χ0) is 84.8. The molecule has 28 bridgehead atoms. The largest absolute Gasteiger partial charge is 0.0530 e. The molecule has 8 atom stereocenters. The van der Waals surface area contributed by atoms with Crippen molar-refractivity contribution in [2.24, 2.45) is 166 Å². The second-order valence-corrected chi connectivity index (χ2v) is 53.2. The number of hydrogen-bond donors (Lipinski definition) is 0. The predicted octanol–water partition coefficient (Wildman–Crippen LogP) is 41.3. The van der Waals surface area contributed by atoms with Crippen molar-refractivity contribution in [1.29, 1.82) is 0 Å². The molecule has 0 radical (unpaired) electrons. The van der Waals surface area contributed by atoms with Crippen molar-refractivity contribution in [3.8, 4) is 0 Å². The van der Waals surface area contributed by atoms with Crippen LogP contribution in [0.2, 0.25) is 0 Å². The van der Waals surface area contributed by atoms with E-state index in [1.807, 2.05) is 0 Å². The van der Waals surface area contributed by atoms with Crippen LogP contribution < -0.4 is 0 Å². The van der Waals surface area contributed by atoms with Crippen molar-refractivity contribution >= 4 is 0 Å². The molecule has 0 heterocycles. The van der Waals surface area contributed by atoms with Crippen molar-refractivity contribution in [2.75, 3.05) is 0 Å². The van der Waals surface area contributed by atoms with E-state index in [9.17, 15) is 0 Å². The third kappa shape index (κ3) is 37.1. The summed E-state index contributed by atoms with van der Waals surface area (Å²) in [6.45, 7) is 0. The first-order chi connectivity index (χ1) is 61.8. The van der Waals surface area contributed by atoms with Crippen LogP contribution in [0.1, 0.15) is 623 Å². The Morgan fingerprint density at radius 2 is 0.112 bits per heavy atom. The zero-order valence-corrected chi connectivity index (χ0v) is 84.8. The molecule has 35 saturated carbocycles. The highest BCUT2D eigenvalue weighted by Gasteiger charge is 2.42. The van der Waals surface area contributed by atoms with Gasteiger partial charge in [0.25, 0.3) is 0 Å². The molecule has 125 heavy (non-hydrogen) atoms. The third-order valence-corrected chi connectivity index (χ3v) is 43.7. The summed E-state index contributed by atoms with van der Waals surface area (Å²) in [6, 6.07) is 0. The molecule has 0 spiro atoms. The minimum atomic E-state index is 1.11. The summed E-state index contributed by atoms with van der Waals surface area (Å²) in [5.74, 6) is 32.2. The quantitative estimate of drug-likeness (QED) is 0.227. The van der Waals surface area contributed by atoms with Gasteiger partial charge < -0.3 is 0 Å². The van der Waals surface area contributed by atoms with Crippen LogP contribution >= 0.6 is 0 Å². The van der Waals surface area contributed by atoms with Crippen LogP contribution in [0.4, 0.5) is 0 Å². The highest BCUT2D eigenvalue weighted by atomic mass is 14.5. The van der Waals surface area contributed by atoms with Gasteiger partial charge in [-0.2, -0.15) is 0 Å². The first kappa shape index (κ1) is 99.5. The Kier molecular flexibility index (Phi) is 45.6. The molecule has 8 unspecified atom stereocenters. The number of fused-ring (bicyclic) bond motifs is 42. The summed E-state index contributed by atoms with van der Waals surface area (Å²) in [4.78, 5) is 0. The highest BCUT2D eigenvalue weighted by Crippen LogP contribution is 2.54. The molecule has 0 aromatic heterocycles. The molecule has 0 aromatic carbocycles. The predicted molar refractivity (Wildman–Crippen MR) is 546 cm³/mol. The monoisotopic (exact) mass is 1720 g/mol. The van der Waals surface area contributed by atoms with E-state index in [1.54, 1.807) is 475 Å². The van der Waals surface area contributed by atoms with Crippen LogP contribution in [0.25, 0.3) is 0 Å². The summed E-state index contributed by atoms with van der Waals surface area (Å²) in [6.07, 6.45) is 151. The minimum absolute atomic E-state index is 1.11. The molecular formula is C125H222. The summed E-state index contributed by atoms with van der Waals surface area (Å²) in [5.41, 5.74) is 0. The zero-order valence-electron chi connectivity index (χ0n) is 84.8. The second-order valence-electron chi connectivity index (χ2n) is 53.2. The van der Waals surface area contributed by atoms with Gasteiger partial charge in [-0.1, -0.05) is 559 Å². The van der Waals surface area contributed by atoms with Crippen LogP contribution in [0, 0.1) is 166 Å². The Labute approximate surface area is 783 Å². The Hall–Kier alpha value is 0. The van der Waals surface area contributed by atoms with Gasteiger partial charge in [0, 0.05) is 0 Å². The maximum absolute atomic E-state index is 1.58. The van der Waals surface area contributed by atoms with Gasteiger partial charge in [0.05, 0.1) is 0 Å². The topological polar surface area (TPSA) is 0 Å².